The van der Waals surface area contributed by atoms with Crippen LogP contribution >= 0.6 is 0 Å². The summed E-state index contributed by atoms with van der Waals surface area (Å²) in [6, 6.07) is 0.292. The standard InChI is InChI=1S/C12H23N5O/c1-6-7-18-11-15-9(13)14-10(16-11)17(5)8-12(2,3)4/h6-8H2,1-5H3,(H2,13,14,15,16). The summed E-state index contributed by atoms with van der Waals surface area (Å²) >= 11 is 0. The lowest BCUT2D eigenvalue weighted by Crippen LogP contribution is -2.30. The topological polar surface area (TPSA) is 77.2 Å². The molecule has 1 heterocycles. The third kappa shape index (κ3) is 4.73. The van der Waals surface area contributed by atoms with E-state index in [2.05, 4.69) is 35.7 Å². The lowest BCUT2D eigenvalue weighted by atomic mass is 9.96. The molecule has 102 valence electrons. The van der Waals surface area contributed by atoms with Crippen LogP contribution in [0.2, 0.25) is 0 Å². The van der Waals surface area contributed by atoms with E-state index in [1.54, 1.807) is 0 Å². The highest BCUT2D eigenvalue weighted by atomic mass is 16.5. The molecule has 0 saturated carbocycles. The first kappa shape index (κ1) is 14.5. The van der Waals surface area contributed by atoms with Gasteiger partial charge in [0, 0.05) is 13.6 Å². The molecule has 6 nitrogen and oxygen atoms in total. The van der Waals surface area contributed by atoms with Gasteiger partial charge in [0.2, 0.25) is 11.9 Å². The van der Waals surface area contributed by atoms with Gasteiger partial charge in [0.05, 0.1) is 6.61 Å². The molecule has 0 radical (unpaired) electrons. The molecule has 0 aliphatic rings. The summed E-state index contributed by atoms with van der Waals surface area (Å²) in [5, 5.41) is 0. The SMILES string of the molecule is CCCOc1nc(N)nc(N(C)CC(C)(C)C)n1. The van der Waals surface area contributed by atoms with Gasteiger partial charge in [-0.3, -0.25) is 0 Å². The molecule has 0 aromatic carbocycles. The van der Waals surface area contributed by atoms with Crippen molar-refractivity contribution in [2.24, 2.45) is 5.41 Å². The van der Waals surface area contributed by atoms with Gasteiger partial charge < -0.3 is 15.4 Å². The summed E-state index contributed by atoms with van der Waals surface area (Å²) in [4.78, 5) is 14.3. The second kappa shape index (κ2) is 5.84. The lowest BCUT2D eigenvalue weighted by molar-refractivity contribution is 0.291. The monoisotopic (exact) mass is 253 g/mol. The maximum absolute atomic E-state index is 5.66. The molecule has 0 fully saturated rings. The Morgan fingerprint density at radius 3 is 2.44 bits per heavy atom. The summed E-state index contributed by atoms with van der Waals surface area (Å²) in [5.41, 5.74) is 5.82. The first-order valence-electron chi connectivity index (χ1n) is 6.17. The minimum Gasteiger partial charge on any atom is -0.463 e. The number of ether oxygens (including phenoxy) is 1. The van der Waals surface area contributed by atoms with Gasteiger partial charge in [-0.15, -0.1) is 0 Å². The van der Waals surface area contributed by atoms with Crippen molar-refractivity contribution >= 4 is 11.9 Å². The maximum atomic E-state index is 5.66. The van der Waals surface area contributed by atoms with Crippen LogP contribution in [0.5, 0.6) is 6.01 Å². The van der Waals surface area contributed by atoms with Crippen molar-refractivity contribution in [2.45, 2.75) is 34.1 Å². The van der Waals surface area contributed by atoms with Crippen LogP contribution in [-0.4, -0.2) is 35.2 Å². The maximum Gasteiger partial charge on any atom is 0.323 e. The first-order valence-corrected chi connectivity index (χ1v) is 6.17. The minimum atomic E-state index is 0.153. The van der Waals surface area contributed by atoms with Gasteiger partial charge >= 0.3 is 6.01 Å². The zero-order valence-corrected chi connectivity index (χ0v) is 11.9. The minimum absolute atomic E-state index is 0.153. The Labute approximate surface area is 109 Å². The van der Waals surface area contributed by atoms with Gasteiger partial charge in [-0.05, 0) is 11.8 Å². The van der Waals surface area contributed by atoms with Crippen molar-refractivity contribution < 1.29 is 4.74 Å². The number of aromatic nitrogens is 3. The van der Waals surface area contributed by atoms with Crippen molar-refractivity contribution in [3.05, 3.63) is 0 Å². The van der Waals surface area contributed by atoms with Gasteiger partial charge in [-0.1, -0.05) is 27.7 Å². The molecule has 0 bridgehead atoms. The van der Waals surface area contributed by atoms with Gasteiger partial charge in [-0.25, -0.2) is 0 Å². The van der Waals surface area contributed by atoms with E-state index in [0.717, 1.165) is 13.0 Å². The predicted octanol–water partition coefficient (Wildman–Crippen LogP) is 1.72. The van der Waals surface area contributed by atoms with Crippen molar-refractivity contribution in [1.82, 2.24) is 15.0 Å². The van der Waals surface area contributed by atoms with Gasteiger partial charge in [0.1, 0.15) is 0 Å². The smallest absolute Gasteiger partial charge is 0.323 e. The van der Waals surface area contributed by atoms with E-state index in [0.29, 0.717) is 18.6 Å². The molecule has 0 aliphatic heterocycles. The Morgan fingerprint density at radius 1 is 1.22 bits per heavy atom. The van der Waals surface area contributed by atoms with Crippen LogP contribution in [0.4, 0.5) is 11.9 Å². The van der Waals surface area contributed by atoms with E-state index in [9.17, 15) is 0 Å². The largest absolute Gasteiger partial charge is 0.463 e. The Kier molecular flexibility index (Phi) is 4.69. The van der Waals surface area contributed by atoms with Crippen molar-refractivity contribution in [3.8, 4) is 6.01 Å². The summed E-state index contributed by atoms with van der Waals surface area (Å²) in [6.45, 7) is 9.89. The normalized spacial score (nSPS) is 11.4. The van der Waals surface area contributed by atoms with E-state index < -0.39 is 0 Å². The fourth-order valence-electron chi connectivity index (χ4n) is 1.57. The van der Waals surface area contributed by atoms with Gasteiger partial charge in [-0.2, -0.15) is 15.0 Å². The number of nitrogens with zero attached hydrogens (tertiary/aromatic N) is 4. The molecule has 1 aromatic heterocycles. The average molecular weight is 253 g/mol. The van der Waals surface area contributed by atoms with Crippen LogP contribution in [0.25, 0.3) is 0 Å². The fourth-order valence-corrected chi connectivity index (χ4v) is 1.57. The molecule has 2 N–H and O–H groups in total. The van der Waals surface area contributed by atoms with Crippen LogP contribution in [-0.2, 0) is 0 Å². The quantitative estimate of drug-likeness (QED) is 0.861. The van der Waals surface area contributed by atoms with Gasteiger partial charge in [0.25, 0.3) is 0 Å². The molecule has 0 aliphatic carbocycles. The average Bonchev–Trinajstić information content (AvgIpc) is 2.23. The van der Waals surface area contributed by atoms with Crippen molar-refractivity contribution in [2.75, 3.05) is 30.8 Å². The predicted molar refractivity (Wildman–Crippen MR) is 72.8 cm³/mol. The second-order valence-electron chi connectivity index (χ2n) is 5.54. The number of anilines is 2. The van der Waals surface area contributed by atoms with Crippen molar-refractivity contribution in [3.63, 3.8) is 0 Å². The van der Waals surface area contributed by atoms with Crippen LogP contribution in [0.15, 0.2) is 0 Å². The second-order valence-corrected chi connectivity index (χ2v) is 5.54. The van der Waals surface area contributed by atoms with E-state index in [4.69, 9.17) is 10.5 Å². The zero-order chi connectivity index (χ0) is 13.8. The fraction of sp³-hybridized carbons (Fsp3) is 0.750. The number of nitrogens with two attached hydrogens (primary N) is 1. The number of hydrogen-bond donors (Lipinski definition) is 1. The highest BCUT2D eigenvalue weighted by Crippen LogP contribution is 2.19. The van der Waals surface area contributed by atoms with Crippen LogP contribution in [0.1, 0.15) is 34.1 Å². The van der Waals surface area contributed by atoms with E-state index in [1.807, 2.05) is 18.9 Å². The zero-order valence-electron chi connectivity index (χ0n) is 11.9. The molecule has 0 spiro atoms. The number of rotatable bonds is 5. The summed E-state index contributed by atoms with van der Waals surface area (Å²) in [7, 11) is 1.93. The first-order chi connectivity index (χ1) is 8.31. The molecule has 1 rings (SSSR count). The van der Waals surface area contributed by atoms with Crippen LogP contribution in [0, 0.1) is 5.41 Å². The third-order valence-corrected chi connectivity index (χ3v) is 2.11. The molecule has 0 saturated heterocycles. The molecule has 18 heavy (non-hydrogen) atoms. The third-order valence-electron chi connectivity index (χ3n) is 2.11. The number of nitrogen functional groups attached to an aromatic ring is 1. The Balaban J connectivity index is 2.84. The summed E-state index contributed by atoms with van der Waals surface area (Å²) in [6.07, 6.45) is 0.902. The highest BCUT2D eigenvalue weighted by molar-refractivity contribution is 5.35. The van der Waals surface area contributed by atoms with Crippen LogP contribution < -0.4 is 15.4 Å². The Morgan fingerprint density at radius 2 is 1.89 bits per heavy atom. The van der Waals surface area contributed by atoms with Gasteiger partial charge in [0.15, 0.2) is 0 Å². The Bertz CT molecular complexity index is 389. The van der Waals surface area contributed by atoms with E-state index in [1.165, 1.54) is 0 Å². The molecule has 1 aromatic rings. The van der Waals surface area contributed by atoms with E-state index >= 15 is 0 Å². The lowest BCUT2D eigenvalue weighted by Gasteiger charge is -2.26. The highest BCUT2D eigenvalue weighted by Gasteiger charge is 2.17. The van der Waals surface area contributed by atoms with Crippen LogP contribution in [0.3, 0.4) is 0 Å². The Hall–Kier alpha value is -1.59. The molecule has 0 amide bonds. The molecule has 6 heteroatoms. The van der Waals surface area contributed by atoms with E-state index in [-0.39, 0.29) is 11.4 Å². The molecular formula is C12H23N5O. The summed E-state index contributed by atoms with van der Waals surface area (Å²) < 4.78 is 5.39. The molecular weight excluding hydrogens is 230 g/mol. The molecule has 0 unspecified atom stereocenters. The number of hydrogen-bond acceptors (Lipinski definition) is 6. The van der Waals surface area contributed by atoms with Crippen molar-refractivity contribution in [1.29, 1.82) is 0 Å². The molecule has 0 atom stereocenters. The summed E-state index contributed by atoms with van der Waals surface area (Å²) in [5.74, 6) is 0.732.